The molecular weight excluding hydrogens is 374 g/mol. The van der Waals surface area contributed by atoms with E-state index >= 15 is 0 Å². The predicted octanol–water partition coefficient (Wildman–Crippen LogP) is 4.92. The van der Waals surface area contributed by atoms with Crippen LogP contribution in [0.4, 0.5) is 0 Å². The van der Waals surface area contributed by atoms with Crippen LogP contribution in [0, 0.1) is 46.3 Å². The summed E-state index contributed by atoms with van der Waals surface area (Å²) in [6.45, 7) is 7.42. The molecule has 0 spiro atoms. The van der Waals surface area contributed by atoms with Gasteiger partial charge in [-0.05, 0) is 104 Å². The number of aliphatic hydroxyl groups is 1. The van der Waals surface area contributed by atoms with Crippen LogP contribution in [-0.2, 0) is 9.53 Å². The molecule has 0 amide bonds. The van der Waals surface area contributed by atoms with Crippen LogP contribution in [0.15, 0.2) is 0 Å². The molecule has 4 rings (SSSR count). The zero-order valence-electron chi connectivity index (χ0n) is 19.7. The molecule has 0 aliphatic heterocycles. The van der Waals surface area contributed by atoms with Crippen molar-refractivity contribution < 1.29 is 14.6 Å². The number of hydrogen-bond donors (Lipinski definition) is 2. The Morgan fingerprint density at radius 1 is 1.10 bits per heavy atom. The van der Waals surface area contributed by atoms with Crippen molar-refractivity contribution in [2.75, 3.05) is 7.11 Å². The molecule has 0 bridgehead atoms. The highest BCUT2D eigenvalue weighted by Gasteiger charge is 2.61. The minimum absolute atomic E-state index is 0.0831. The van der Waals surface area contributed by atoms with E-state index in [1.165, 1.54) is 45.6 Å². The van der Waals surface area contributed by atoms with Gasteiger partial charge in [0.15, 0.2) is 0 Å². The summed E-state index contributed by atoms with van der Waals surface area (Å²) < 4.78 is 4.89. The van der Waals surface area contributed by atoms with Crippen LogP contribution in [0.25, 0.3) is 0 Å². The van der Waals surface area contributed by atoms with Gasteiger partial charge in [-0.25, -0.2) is 0 Å². The third kappa shape index (κ3) is 3.64. The Labute approximate surface area is 183 Å². The summed E-state index contributed by atoms with van der Waals surface area (Å²) in [4.78, 5) is 11.7. The smallest absolute Gasteiger partial charge is 0.305 e. The minimum Gasteiger partial charge on any atom is -0.469 e. The van der Waals surface area contributed by atoms with E-state index < -0.39 is 0 Å². The van der Waals surface area contributed by atoms with Crippen LogP contribution in [0.1, 0.15) is 91.4 Å². The molecule has 0 radical (unpaired) electrons. The molecule has 30 heavy (non-hydrogen) atoms. The highest BCUT2D eigenvalue weighted by Crippen LogP contribution is 2.67. The average Bonchev–Trinajstić information content (AvgIpc) is 2.72. The van der Waals surface area contributed by atoms with E-state index in [4.69, 9.17) is 10.5 Å². The number of aliphatic hydroxyl groups excluding tert-OH is 1. The molecular formula is C26H45NO3. The molecule has 0 heterocycles. The minimum atomic E-state index is -0.160. The second-order valence-electron chi connectivity index (χ2n) is 12.0. The molecule has 4 saturated carbocycles. The standard InChI is InChI=1S/C26H45NO3/c1-16(8-9-23(29)30-4)19-6-5-7-20-24-21(11-13-26(19,20)3)25(2)12-10-18(27)14-17(25)15-22(24)28/h16-22,24,28H,5-15,27H2,1-4H3. The van der Waals surface area contributed by atoms with Gasteiger partial charge in [0.05, 0.1) is 13.2 Å². The molecule has 0 aromatic rings. The highest BCUT2D eigenvalue weighted by atomic mass is 16.5. The summed E-state index contributed by atoms with van der Waals surface area (Å²) in [7, 11) is 1.49. The van der Waals surface area contributed by atoms with Crippen molar-refractivity contribution in [1.82, 2.24) is 0 Å². The molecule has 0 aromatic heterocycles. The number of carbonyl (C=O) groups is 1. The van der Waals surface area contributed by atoms with Crippen LogP contribution in [-0.4, -0.2) is 30.3 Å². The number of ether oxygens (including phenoxy) is 1. The van der Waals surface area contributed by atoms with Gasteiger partial charge in [-0.3, -0.25) is 4.79 Å². The molecule has 0 saturated heterocycles. The van der Waals surface area contributed by atoms with E-state index in [9.17, 15) is 9.90 Å². The van der Waals surface area contributed by atoms with E-state index in [0.29, 0.717) is 58.8 Å². The third-order valence-corrected chi connectivity index (χ3v) is 10.8. The molecule has 10 atom stereocenters. The van der Waals surface area contributed by atoms with Crippen LogP contribution < -0.4 is 5.73 Å². The maximum Gasteiger partial charge on any atom is 0.305 e. The van der Waals surface area contributed by atoms with E-state index in [1.54, 1.807) is 0 Å². The molecule has 4 aliphatic rings. The third-order valence-electron chi connectivity index (χ3n) is 10.8. The first-order valence-electron chi connectivity index (χ1n) is 12.7. The Balaban J connectivity index is 1.55. The summed E-state index contributed by atoms with van der Waals surface area (Å²) >= 11 is 0. The maximum atomic E-state index is 11.7. The SMILES string of the molecule is COC(=O)CCC(C)C1CCCC2C3C(O)CC4CC(N)CCC4(C)C3CCC12C. The first kappa shape index (κ1) is 22.6. The van der Waals surface area contributed by atoms with Crippen molar-refractivity contribution in [3.05, 3.63) is 0 Å². The van der Waals surface area contributed by atoms with Crippen LogP contribution in [0.3, 0.4) is 0 Å². The quantitative estimate of drug-likeness (QED) is 0.634. The molecule has 172 valence electrons. The van der Waals surface area contributed by atoms with E-state index in [0.717, 1.165) is 25.7 Å². The van der Waals surface area contributed by atoms with Crippen molar-refractivity contribution in [1.29, 1.82) is 0 Å². The van der Waals surface area contributed by atoms with Crippen LogP contribution >= 0.6 is 0 Å². The number of hydrogen-bond acceptors (Lipinski definition) is 4. The van der Waals surface area contributed by atoms with Crippen LogP contribution in [0.5, 0.6) is 0 Å². The summed E-state index contributed by atoms with van der Waals surface area (Å²) in [5, 5.41) is 11.4. The van der Waals surface area contributed by atoms with Crippen molar-refractivity contribution >= 4 is 5.97 Å². The van der Waals surface area contributed by atoms with Crippen molar-refractivity contribution in [2.24, 2.45) is 52.1 Å². The van der Waals surface area contributed by atoms with Crippen molar-refractivity contribution in [2.45, 2.75) is 104 Å². The van der Waals surface area contributed by atoms with Crippen molar-refractivity contribution in [3.8, 4) is 0 Å². The van der Waals surface area contributed by atoms with Crippen LogP contribution in [0.2, 0.25) is 0 Å². The summed E-state index contributed by atoms with van der Waals surface area (Å²) in [6, 6.07) is 0.329. The fourth-order valence-electron chi connectivity index (χ4n) is 9.08. The fourth-order valence-corrected chi connectivity index (χ4v) is 9.08. The van der Waals surface area contributed by atoms with Gasteiger partial charge in [0.25, 0.3) is 0 Å². The first-order valence-corrected chi connectivity index (χ1v) is 12.7. The lowest BCUT2D eigenvalue weighted by atomic mass is 9.40. The molecule has 3 N–H and O–H groups in total. The Hall–Kier alpha value is -0.610. The number of rotatable bonds is 4. The second-order valence-corrected chi connectivity index (χ2v) is 12.0. The molecule has 4 aliphatic carbocycles. The first-order chi connectivity index (χ1) is 14.2. The van der Waals surface area contributed by atoms with Crippen molar-refractivity contribution in [3.63, 3.8) is 0 Å². The summed E-state index contributed by atoms with van der Waals surface area (Å²) in [5.41, 5.74) is 7.00. The Morgan fingerprint density at radius 2 is 1.80 bits per heavy atom. The highest BCUT2D eigenvalue weighted by molar-refractivity contribution is 5.69. The zero-order valence-corrected chi connectivity index (χ0v) is 19.7. The zero-order chi connectivity index (χ0) is 21.7. The normalized spacial score (nSPS) is 49.3. The second kappa shape index (κ2) is 8.39. The summed E-state index contributed by atoms with van der Waals surface area (Å²) in [6.07, 6.45) is 12.1. The maximum absolute atomic E-state index is 11.7. The lowest BCUT2D eigenvalue weighted by Gasteiger charge is -2.65. The molecule has 4 nitrogen and oxygen atoms in total. The van der Waals surface area contributed by atoms with Gasteiger partial charge in [-0.15, -0.1) is 0 Å². The monoisotopic (exact) mass is 419 g/mol. The molecule has 4 heteroatoms. The Kier molecular flexibility index (Phi) is 6.31. The van der Waals surface area contributed by atoms with Gasteiger partial charge in [-0.1, -0.05) is 27.2 Å². The molecule has 4 fully saturated rings. The van der Waals surface area contributed by atoms with Gasteiger partial charge in [0.2, 0.25) is 0 Å². The average molecular weight is 420 g/mol. The number of nitrogens with two attached hydrogens (primary N) is 1. The van der Waals surface area contributed by atoms with E-state index in [1.807, 2.05) is 0 Å². The number of esters is 1. The Bertz CT molecular complexity index is 638. The van der Waals surface area contributed by atoms with Gasteiger partial charge >= 0.3 is 5.97 Å². The van der Waals surface area contributed by atoms with E-state index in [-0.39, 0.29) is 12.1 Å². The predicted molar refractivity (Wildman–Crippen MR) is 120 cm³/mol. The largest absolute Gasteiger partial charge is 0.469 e. The summed E-state index contributed by atoms with van der Waals surface area (Å²) in [5.74, 6) is 3.43. The lowest BCUT2D eigenvalue weighted by molar-refractivity contribution is -0.189. The lowest BCUT2D eigenvalue weighted by Crippen LogP contribution is -2.61. The van der Waals surface area contributed by atoms with Gasteiger partial charge in [0, 0.05) is 12.5 Å². The van der Waals surface area contributed by atoms with Gasteiger partial charge < -0.3 is 15.6 Å². The molecule has 0 aromatic carbocycles. The molecule has 10 unspecified atom stereocenters. The number of carbonyl (C=O) groups excluding carboxylic acids is 1. The van der Waals surface area contributed by atoms with Gasteiger partial charge in [-0.2, -0.15) is 0 Å². The van der Waals surface area contributed by atoms with Gasteiger partial charge in [0.1, 0.15) is 0 Å². The number of fused-ring (bicyclic) bond motifs is 5. The fraction of sp³-hybridized carbons (Fsp3) is 0.962. The number of methoxy groups -OCH3 is 1. The van der Waals surface area contributed by atoms with E-state index in [2.05, 4.69) is 20.8 Å². The topological polar surface area (TPSA) is 72.5 Å². The Morgan fingerprint density at radius 3 is 2.53 bits per heavy atom.